The molecule has 0 N–H and O–H groups in total. The van der Waals surface area contributed by atoms with Gasteiger partial charge in [0.15, 0.2) is 0 Å². The first kappa shape index (κ1) is 19.6. The van der Waals surface area contributed by atoms with Gasteiger partial charge < -0.3 is 0 Å². The van der Waals surface area contributed by atoms with Gasteiger partial charge in [-0.25, -0.2) is 4.98 Å². The number of benzene rings is 4. The SMILES string of the molecule is c1ccc(-c2nc3cc(-c4cc5cccnc5c5ncccc45)ccc3n2-c2ccccc2)cc1. The van der Waals surface area contributed by atoms with E-state index in [0.717, 1.165) is 61.0 Å². The molecule has 0 aliphatic carbocycles. The first-order valence-corrected chi connectivity index (χ1v) is 11.6. The fraction of sp³-hybridized carbons (Fsp3) is 0. The number of rotatable bonds is 3. The van der Waals surface area contributed by atoms with Gasteiger partial charge in [0, 0.05) is 34.4 Å². The molecule has 7 rings (SSSR count). The van der Waals surface area contributed by atoms with Crippen molar-refractivity contribution in [2.45, 2.75) is 0 Å². The van der Waals surface area contributed by atoms with E-state index in [4.69, 9.17) is 4.98 Å². The lowest BCUT2D eigenvalue weighted by Gasteiger charge is -2.11. The molecule has 3 heterocycles. The summed E-state index contributed by atoms with van der Waals surface area (Å²) in [4.78, 5) is 14.4. The fourth-order valence-corrected chi connectivity index (χ4v) is 4.88. The first-order chi connectivity index (χ1) is 17.4. The molecule has 7 aromatic rings. The average Bonchev–Trinajstić information content (AvgIpc) is 3.32. The Labute approximate surface area is 202 Å². The van der Waals surface area contributed by atoms with Crippen LogP contribution in [0.4, 0.5) is 0 Å². The predicted molar refractivity (Wildman–Crippen MR) is 143 cm³/mol. The van der Waals surface area contributed by atoms with Crippen LogP contribution >= 0.6 is 0 Å². The minimum Gasteiger partial charge on any atom is -0.292 e. The van der Waals surface area contributed by atoms with Crippen LogP contribution in [-0.4, -0.2) is 19.5 Å². The van der Waals surface area contributed by atoms with Crippen molar-refractivity contribution < 1.29 is 0 Å². The lowest BCUT2D eigenvalue weighted by atomic mass is 9.97. The summed E-state index contributed by atoms with van der Waals surface area (Å²) >= 11 is 0. The van der Waals surface area contributed by atoms with Crippen molar-refractivity contribution in [1.82, 2.24) is 19.5 Å². The van der Waals surface area contributed by atoms with Crippen LogP contribution in [-0.2, 0) is 0 Å². The third kappa shape index (κ3) is 3.19. The third-order valence-corrected chi connectivity index (χ3v) is 6.47. The van der Waals surface area contributed by atoms with Crippen molar-refractivity contribution in [1.29, 1.82) is 0 Å². The molecule has 0 atom stereocenters. The van der Waals surface area contributed by atoms with E-state index >= 15 is 0 Å². The maximum atomic E-state index is 5.12. The standard InChI is InChI=1S/C31H20N4/c1-3-9-21(10-4-1)31-34-27-20-22(15-16-28(27)35(31)24-12-5-2-6-13-24)26-19-23-11-7-17-32-29(23)30-25(26)14-8-18-33-30/h1-20H. The molecule has 0 saturated carbocycles. The number of aromatic nitrogens is 4. The van der Waals surface area contributed by atoms with E-state index in [1.165, 1.54) is 0 Å². The number of fused-ring (bicyclic) bond motifs is 4. The Balaban J connectivity index is 1.51. The molecule has 0 unspecified atom stereocenters. The summed E-state index contributed by atoms with van der Waals surface area (Å²) in [5.41, 5.74) is 8.28. The van der Waals surface area contributed by atoms with Crippen molar-refractivity contribution in [2.24, 2.45) is 0 Å². The van der Waals surface area contributed by atoms with Gasteiger partial charge in [-0.2, -0.15) is 0 Å². The average molecular weight is 449 g/mol. The maximum Gasteiger partial charge on any atom is 0.145 e. The van der Waals surface area contributed by atoms with E-state index in [-0.39, 0.29) is 0 Å². The Morgan fingerprint density at radius 3 is 2.14 bits per heavy atom. The Morgan fingerprint density at radius 2 is 1.31 bits per heavy atom. The number of para-hydroxylation sites is 1. The fourth-order valence-electron chi connectivity index (χ4n) is 4.88. The molecule has 4 heteroatoms. The smallest absolute Gasteiger partial charge is 0.145 e. The van der Waals surface area contributed by atoms with Crippen molar-refractivity contribution in [3.05, 3.63) is 122 Å². The Morgan fingerprint density at radius 1 is 0.571 bits per heavy atom. The molecule has 3 aromatic heterocycles. The van der Waals surface area contributed by atoms with Crippen LogP contribution in [0.25, 0.3) is 61.0 Å². The highest BCUT2D eigenvalue weighted by Gasteiger charge is 2.16. The highest BCUT2D eigenvalue weighted by atomic mass is 15.1. The minimum atomic E-state index is 0.917. The summed E-state index contributed by atoms with van der Waals surface area (Å²) in [7, 11) is 0. The van der Waals surface area contributed by atoms with E-state index in [0.29, 0.717) is 0 Å². The molecule has 164 valence electrons. The van der Waals surface area contributed by atoms with E-state index in [2.05, 4.69) is 99.5 Å². The summed E-state index contributed by atoms with van der Waals surface area (Å²) in [5.74, 6) is 0.929. The second-order valence-corrected chi connectivity index (χ2v) is 8.57. The molecule has 4 aromatic carbocycles. The molecule has 0 radical (unpaired) electrons. The first-order valence-electron chi connectivity index (χ1n) is 11.6. The summed E-state index contributed by atoms with van der Waals surface area (Å²) in [6.07, 6.45) is 3.65. The summed E-state index contributed by atoms with van der Waals surface area (Å²) < 4.78 is 2.23. The second kappa shape index (κ2) is 7.89. The van der Waals surface area contributed by atoms with Gasteiger partial charge in [0.25, 0.3) is 0 Å². The van der Waals surface area contributed by atoms with Crippen LogP contribution in [0.15, 0.2) is 122 Å². The van der Waals surface area contributed by atoms with Gasteiger partial charge >= 0.3 is 0 Å². The molecule has 0 amide bonds. The largest absolute Gasteiger partial charge is 0.292 e. The summed E-state index contributed by atoms with van der Waals surface area (Å²) in [5, 5.41) is 2.16. The molecule has 0 aliphatic heterocycles. The minimum absolute atomic E-state index is 0.917. The number of pyridine rings is 2. The topological polar surface area (TPSA) is 43.6 Å². The highest BCUT2D eigenvalue weighted by molar-refractivity contribution is 6.10. The van der Waals surface area contributed by atoms with Crippen molar-refractivity contribution in [3.63, 3.8) is 0 Å². The van der Waals surface area contributed by atoms with Gasteiger partial charge in [-0.15, -0.1) is 0 Å². The van der Waals surface area contributed by atoms with E-state index in [1.54, 1.807) is 0 Å². The van der Waals surface area contributed by atoms with Crippen molar-refractivity contribution >= 4 is 32.8 Å². The van der Waals surface area contributed by atoms with Gasteiger partial charge in [0.2, 0.25) is 0 Å². The lowest BCUT2D eigenvalue weighted by molar-refractivity contribution is 1.10. The van der Waals surface area contributed by atoms with Gasteiger partial charge in [0.1, 0.15) is 5.82 Å². The number of imidazole rings is 1. The van der Waals surface area contributed by atoms with Gasteiger partial charge in [0.05, 0.1) is 22.1 Å². The number of hydrogen-bond donors (Lipinski definition) is 0. The van der Waals surface area contributed by atoms with Crippen LogP contribution < -0.4 is 0 Å². The zero-order valence-electron chi connectivity index (χ0n) is 18.8. The van der Waals surface area contributed by atoms with Crippen molar-refractivity contribution in [2.75, 3.05) is 0 Å². The van der Waals surface area contributed by atoms with Crippen LogP contribution in [0.5, 0.6) is 0 Å². The maximum absolute atomic E-state index is 5.12. The summed E-state index contributed by atoms with van der Waals surface area (Å²) in [6, 6.07) is 37.7. The van der Waals surface area contributed by atoms with Gasteiger partial charge in [-0.05, 0) is 53.6 Å². The Bertz CT molecular complexity index is 1840. The van der Waals surface area contributed by atoms with Gasteiger partial charge in [-0.3, -0.25) is 14.5 Å². The molecule has 0 fully saturated rings. The Kier molecular flexibility index (Phi) is 4.42. The van der Waals surface area contributed by atoms with E-state index < -0.39 is 0 Å². The number of hydrogen-bond acceptors (Lipinski definition) is 3. The van der Waals surface area contributed by atoms with Gasteiger partial charge in [-0.1, -0.05) is 66.7 Å². The van der Waals surface area contributed by atoms with Crippen LogP contribution in [0, 0.1) is 0 Å². The monoisotopic (exact) mass is 448 g/mol. The van der Waals surface area contributed by atoms with Crippen LogP contribution in [0.2, 0.25) is 0 Å². The predicted octanol–water partition coefficient (Wildman–Crippen LogP) is 7.46. The van der Waals surface area contributed by atoms with Crippen LogP contribution in [0.1, 0.15) is 0 Å². The molecule has 4 nitrogen and oxygen atoms in total. The quantitative estimate of drug-likeness (QED) is 0.264. The van der Waals surface area contributed by atoms with Crippen molar-refractivity contribution in [3.8, 4) is 28.2 Å². The molecule has 0 saturated heterocycles. The Hall–Kier alpha value is -4.83. The normalized spacial score (nSPS) is 11.4. The molecule has 0 spiro atoms. The van der Waals surface area contributed by atoms with E-state index in [9.17, 15) is 0 Å². The summed E-state index contributed by atoms with van der Waals surface area (Å²) in [6.45, 7) is 0. The zero-order chi connectivity index (χ0) is 23.2. The molecular formula is C31H20N4. The molecule has 0 bridgehead atoms. The molecule has 35 heavy (non-hydrogen) atoms. The zero-order valence-corrected chi connectivity index (χ0v) is 18.8. The highest BCUT2D eigenvalue weighted by Crippen LogP contribution is 2.36. The second-order valence-electron chi connectivity index (χ2n) is 8.57. The lowest BCUT2D eigenvalue weighted by Crippen LogP contribution is -1.97. The van der Waals surface area contributed by atoms with E-state index in [1.807, 2.05) is 36.7 Å². The van der Waals surface area contributed by atoms with Crippen LogP contribution in [0.3, 0.4) is 0 Å². The number of nitrogens with zero attached hydrogens (tertiary/aromatic N) is 4. The molecule has 0 aliphatic rings. The third-order valence-electron chi connectivity index (χ3n) is 6.47. The molecular weight excluding hydrogens is 428 g/mol.